The highest BCUT2D eigenvalue weighted by Gasteiger charge is 2.05. The summed E-state index contributed by atoms with van der Waals surface area (Å²) in [6, 6.07) is 8.03. The second kappa shape index (κ2) is 14.8. The Hall–Kier alpha value is -2.10. The fourth-order valence-corrected chi connectivity index (χ4v) is 3.39. The van der Waals surface area contributed by atoms with E-state index in [-0.39, 0.29) is 0 Å². The van der Waals surface area contributed by atoms with Gasteiger partial charge in [0.2, 0.25) is 0 Å². The van der Waals surface area contributed by atoms with Crippen LogP contribution in [0.5, 0.6) is 11.5 Å². The Kier molecular flexibility index (Phi) is 11.9. The molecule has 0 N–H and O–H groups in total. The zero-order valence-corrected chi connectivity index (χ0v) is 19.2. The Bertz CT molecular complexity index is 670. The van der Waals surface area contributed by atoms with E-state index in [1.54, 1.807) is 12.4 Å². The van der Waals surface area contributed by atoms with E-state index in [0.29, 0.717) is 5.82 Å². The van der Waals surface area contributed by atoms with Gasteiger partial charge in [-0.1, -0.05) is 72.1 Å². The molecule has 0 unspecified atom stereocenters. The predicted octanol–water partition coefficient (Wildman–Crippen LogP) is 7.48. The van der Waals surface area contributed by atoms with Crippen LogP contribution in [0.3, 0.4) is 0 Å². The third-order valence-electron chi connectivity index (χ3n) is 5.44. The number of aromatic nitrogens is 2. The second-order valence-electron chi connectivity index (χ2n) is 8.27. The number of nitrogens with zero attached hydrogens (tertiary/aromatic N) is 2. The normalized spacial score (nSPS) is 12.0. The maximum atomic E-state index is 5.89. The van der Waals surface area contributed by atoms with Gasteiger partial charge in [0.15, 0.2) is 11.6 Å². The summed E-state index contributed by atoms with van der Waals surface area (Å²) >= 11 is 0. The number of benzene rings is 1. The van der Waals surface area contributed by atoms with E-state index < -0.39 is 0 Å². The van der Waals surface area contributed by atoms with Gasteiger partial charge in [0.25, 0.3) is 0 Å². The van der Waals surface area contributed by atoms with Crippen LogP contribution in [0.25, 0.3) is 11.4 Å². The molecule has 0 amide bonds. The predicted molar refractivity (Wildman–Crippen MR) is 125 cm³/mol. The van der Waals surface area contributed by atoms with Gasteiger partial charge in [-0.05, 0) is 43.0 Å². The van der Waals surface area contributed by atoms with Gasteiger partial charge in [-0.3, -0.25) is 0 Å². The summed E-state index contributed by atoms with van der Waals surface area (Å²) in [6.07, 6.45) is 16.0. The minimum absolute atomic E-state index is 0.710. The van der Waals surface area contributed by atoms with Crippen LogP contribution in [-0.2, 0) is 0 Å². The minimum atomic E-state index is 0.710. The van der Waals surface area contributed by atoms with Crippen LogP contribution in [0.15, 0.2) is 36.7 Å². The van der Waals surface area contributed by atoms with Crippen molar-refractivity contribution in [2.45, 2.75) is 85.0 Å². The van der Waals surface area contributed by atoms with Gasteiger partial charge in [-0.2, -0.15) is 0 Å². The molecule has 2 aromatic rings. The standard InChI is InChI=1S/C26H40N2O2/c1-4-6-8-9-10-11-18-29-25-20-27-26(28-21-25)23-13-15-24(16-14-23)30-19-17-22(3)12-7-5-2/h13-16,20-22H,4-12,17-19H2,1-3H3/t22-/m0/s1. The lowest BCUT2D eigenvalue weighted by Gasteiger charge is -2.12. The molecule has 30 heavy (non-hydrogen) atoms. The van der Waals surface area contributed by atoms with Gasteiger partial charge in [0.05, 0.1) is 25.6 Å². The first kappa shape index (κ1) is 24.2. The summed E-state index contributed by atoms with van der Waals surface area (Å²) in [5.74, 6) is 3.07. The lowest BCUT2D eigenvalue weighted by molar-refractivity contribution is 0.277. The molecule has 0 saturated carbocycles. The average molecular weight is 413 g/mol. The van der Waals surface area contributed by atoms with Gasteiger partial charge in [0.1, 0.15) is 5.75 Å². The number of rotatable bonds is 16. The summed E-state index contributed by atoms with van der Waals surface area (Å²) in [4.78, 5) is 8.91. The third kappa shape index (κ3) is 9.60. The van der Waals surface area contributed by atoms with E-state index in [1.165, 1.54) is 51.4 Å². The van der Waals surface area contributed by atoms with Crippen molar-refractivity contribution in [3.8, 4) is 22.9 Å². The molecule has 1 aromatic heterocycles. The lowest BCUT2D eigenvalue weighted by atomic mass is 10.0. The van der Waals surface area contributed by atoms with Crippen molar-refractivity contribution in [2.24, 2.45) is 5.92 Å². The summed E-state index contributed by atoms with van der Waals surface area (Å²) < 4.78 is 11.7. The summed E-state index contributed by atoms with van der Waals surface area (Å²) in [6.45, 7) is 8.29. The van der Waals surface area contributed by atoms with E-state index >= 15 is 0 Å². The molecule has 1 aromatic carbocycles. The molecule has 166 valence electrons. The largest absolute Gasteiger partial charge is 0.494 e. The zero-order chi connectivity index (χ0) is 21.4. The summed E-state index contributed by atoms with van der Waals surface area (Å²) in [5.41, 5.74) is 0.987. The van der Waals surface area contributed by atoms with Gasteiger partial charge in [0, 0.05) is 5.56 Å². The number of unbranched alkanes of at least 4 members (excludes halogenated alkanes) is 6. The second-order valence-corrected chi connectivity index (χ2v) is 8.27. The van der Waals surface area contributed by atoms with Crippen LogP contribution in [0.1, 0.15) is 85.0 Å². The SMILES string of the molecule is CCCCCCCCOc1cnc(-c2ccc(OCC[C@@H](C)CCCC)cc2)nc1. The van der Waals surface area contributed by atoms with Crippen LogP contribution >= 0.6 is 0 Å². The van der Waals surface area contributed by atoms with Gasteiger partial charge in [-0.25, -0.2) is 9.97 Å². The summed E-state index contributed by atoms with van der Waals surface area (Å²) in [7, 11) is 0. The van der Waals surface area contributed by atoms with Crippen molar-refractivity contribution < 1.29 is 9.47 Å². The van der Waals surface area contributed by atoms with Crippen LogP contribution in [0.2, 0.25) is 0 Å². The molecule has 4 heteroatoms. The van der Waals surface area contributed by atoms with E-state index in [4.69, 9.17) is 9.47 Å². The third-order valence-corrected chi connectivity index (χ3v) is 5.44. The van der Waals surface area contributed by atoms with Crippen molar-refractivity contribution in [3.05, 3.63) is 36.7 Å². The molecule has 0 fully saturated rings. The van der Waals surface area contributed by atoms with Crippen LogP contribution in [0, 0.1) is 5.92 Å². The highest BCUT2D eigenvalue weighted by molar-refractivity contribution is 5.56. The highest BCUT2D eigenvalue weighted by Crippen LogP contribution is 2.21. The summed E-state index contributed by atoms with van der Waals surface area (Å²) in [5, 5.41) is 0. The molecular weight excluding hydrogens is 372 g/mol. The molecule has 1 heterocycles. The Morgan fingerprint density at radius 1 is 0.700 bits per heavy atom. The highest BCUT2D eigenvalue weighted by atomic mass is 16.5. The first-order chi connectivity index (χ1) is 14.7. The molecule has 0 radical (unpaired) electrons. The van der Waals surface area contributed by atoms with Crippen LogP contribution in [0.4, 0.5) is 0 Å². The lowest BCUT2D eigenvalue weighted by Crippen LogP contribution is -2.04. The number of hydrogen-bond acceptors (Lipinski definition) is 4. The molecule has 0 aliphatic heterocycles. The van der Waals surface area contributed by atoms with E-state index in [0.717, 1.165) is 49.0 Å². The molecule has 0 aliphatic carbocycles. The topological polar surface area (TPSA) is 44.2 Å². The van der Waals surface area contributed by atoms with Crippen molar-refractivity contribution in [1.29, 1.82) is 0 Å². The average Bonchev–Trinajstić information content (AvgIpc) is 2.78. The Labute approximate surface area is 183 Å². The van der Waals surface area contributed by atoms with E-state index in [2.05, 4.69) is 30.7 Å². The Morgan fingerprint density at radius 3 is 2.03 bits per heavy atom. The molecule has 1 atom stereocenters. The molecular formula is C26H40N2O2. The first-order valence-electron chi connectivity index (χ1n) is 11.9. The van der Waals surface area contributed by atoms with Crippen LogP contribution in [-0.4, -0.2) is 23.2 Å². The van der Waals surface area contributed by atoms with Gasteiger partial charge < -0.3 is 9.47 Å². The molecule has 4 nitrogen and oxygen atoms in total. The van der Waals surface area contributed by atoms with Crippen molar-refractivity contribution in [1.82, 2.24) is 9.97 Å². The molecule has 0 aliphatic rings. The van der Waals surface area contributed by atoms with E-state index in [1.807, 2.05) is 24.3 Å². The number of ether oxygens (including phenoxy) is 2. The Balaban J connectivity index is 1.70. The molecule has 2 rings (SSSR count). The first-order valence-corrected chi connectivity index (χ1v) is 11.9. The zero-order valence-electron chi connectivity index (χ0n) is 19.2. The van der Waals surface area contributed by atoms with E-state index in [9.17, 15) is 0 Å². The van der Waals surface area contributed by atoms with Gasteiger partial charge >= 0.3 is 0 Å². The molecule has 0 bridgehead atoms. The fourth-order valence-electron chi connectivity index (χ4n) is 3.39. The minimum Gasteiger partial charge on any atom is -0.494 e. The van der Waals surface area contributed by atoms with Crippen molar-refractivity contribution in [2.75, 3.05) is 13.2 Å². The smallest absolute Gasteiger partial charge is 0.159 e. The Morgan fingerprint density at radius 2 is 1.33 bits per heavy atom. The fraction of sp³-hybridized carbons (Fsp3) is 0.615. The quantitative estimate of drug-likeness (QED) is 0.268. The monoisotopic (exact) mass is 412 g/mol. The van der Waals surface area contributed by atoms with Crippen LogP contribution < -0.4 is 9.47 Å². The number of hydrogen-bond donors (Lipinski definition) is 0. The van der Waals surface area contributed by atoms with Gasteiger partial charge in [-0.15, -0.1) is 0 Å². The maximum Gasteiger partial charge on any atom is 0.159 e. The van der Waals surface area contributed by atoms with Crippen molar-refractivity contribution >= 4 is 0 Å². The van der Waals surface area contributed by atoms with Crippen molar-refractivity contribution in [3.63, 3.8) is 0 Å². The molecule has 0 saturated heterocycles. The maximum absolute atomic E-state index is 5.89. The molecule has 0 spiro atoms.